The Morgan fingerprint density at radius 2 is 2.00 bits per heavy atom. The number of hydrogen-bond donors (Lipinski definition) is 1. The van der Waals surface area contributed by atoms with E-state index in [1.165, 1.54) is 16.0 Å². The number of fused-ring (bicyclic) bond motifs is 1. The fourth-order valence-electron chi connectivity index (χ4n) is 2.86. The number of halogens is 1. The van der Waals surface area contributed by atoms with Gasteiger partial charge in [0.25, 0.3) is 0 Å². The van der Waals surface area contributed by atoms with Crippen LogP contribution in [0.25, 0.3) is 0 Å². The maximum absolute atomic E-state index is 6.23. The summed E-state index contributed by atoms with van der Waals surface area (Å²) in [5.41, 5.74) is 8.90. The summed E-state index contributed by atoms with van der Waals surface area (Å²) in [5.74, 6) is 0. The second kappa shape index (κ2) is 5.25. The summed E-state index contributed by atoms with van der Waals surface area (Å²) in [5, 5.41) is 0. The van der Waals surface area contributed by atoms with E-state index >= 15 is 0 Å². The number of thiophene rings is 1. The van der Waals surface area contributed by atoms with Crippen LogP contribution in [0.15, 0.2) is 36.4 Å². The van der Waals surface area contributed by atoms with E-state index in [4.69, 9.17) is 17.3 Å². The van der Waals surface area contributed by atoms with Crippen LogP contribution in [0.5, 0.6) is 0 Å². The molecule has 1 aliphatic carbocycles. The Morgan fingerprint density at radius 3 is 2.68 bits per heavy atom. The molecule has 2 nitrogen and oxygen atoms in total. The van der Waals surface area contributed by atoms with Gasteiger partial charge in [0.15, 0.2) is 0 Å². The van der Waals surface area contributed by atoms with Crippen molar-refractivity contribution >= 4 is 22.9 Å². The van der Waals surface area contributed by atoms with Crippen LogP contribution in [-0.4, -0.2) is 11.9 Å². The van der Waals surface area contributed by atoms with E-state index in [0.717, 1.165) is 17.3 Å². The zero-order chi connectivity index (χ0) is 13.4. The molecule has 0 bridgehead atoms. The third-order valence-corrected chi connectivity index (χ3v) is 5.01. The van der Waals surface area contributed by atoms with Gasteiger partial charge in [-0.3, -0.25) is 4.90 Å². The minimum Gasteiger partial charge on any atom is -0.324 e. The molecule has 19 heavy (non-hydrogen) atoms. The molecule has 2 N–H and O–H groups in total. The van der Waals surface area contributed by atoms with Gasteiger partial charge in [0.2, 0.25) is 0 Å². The molecule has 0 saturated heterocycles. The molecule has 0 saturated carbocycles. The highest BCUT2D eigenvalue weighted by Gasteiger charge is 2.30. The van der Waals surface area contributed by atoms with E-state index in [-0.39, 0.29) is 6.04 Å². The van der Waals surface area contributed by atoms with Crippen molar-refractivity contribution in [1.29, 1.82) is 0 Å². The quantitative estimate of drug-likeness (QED) is 0.927. The largest absolute Gasteiger partial charge is 0.324 e. The lowest BCUT2D eigenvalue weighted by atomic mass is 10.1. The monoisotopic (exact) mass is 292 g/mol. The highest BCUT2D eigenvalue weighted by molar-refractivity contribution is 7.16. The Balaban J connectivity index is 1.80. The third kappa shape index (κ3) is 2.56. The highest BCUT2D eigenvalue weighted by Crippen LogP contribution is 2.41. The van der Waals surface area contributed by atoms with E-state index in [9.17, 15) is 0 Å². The first kappa shape index (κ1) is 13.1. The predicted octanol–water partition coefficient (Wildman–Crippen LogP) is 3.98. The van der Waals surface area contributed by atoms with Gasteiger partial charge >= 0.3 is 0 Å². The molecule has 1 aromatic carbocycles. The standard InChI is InChI=1S/C15H17ClN2S/c1-18(9-10-6-7-15(16)19-10)14-8-13(17)11-4-2-3-5-12(11)14/h2-7,13-14H,8-9,17H2,1H3. The van der Waals surface area contributed by atoms with Crippen LogP contribution in [0, 0.1) is 0 Å². The first-order valence-corrected chi connectivity index (χ1v) is 7.63. The molecule has 0 radical (unpaired) electrons. The summed E-state index contributed by atoms with van der Waals surface area (Å²) in [7, 11) is 2.16. The van der Waals surface area contributed by atoms with Gasteiger partial charge in [0.1, 0.15) is 0 Å². The Labute approximate surface area is 122 Å². The second-order valence-electron chi connectivity index (χ2n) is 5.11. The Hall–Kier alpha value is -0.870. The molecule has 0 spiro atoms. The summed E-state index contributed by atoms with van der Waals surface area (Å²) in [4.78, 5) is 3.67. The van der Waals surface area contributed by atoms with Crippen LogP contribution >= 0.6 is 22.9 Å². The Bertz CT molecular complexity index is 581. The highest BCUT2D eigenvalue weighted by atomic mass is 35.5. The maximum atomic E-state index is 6.23. The molecule has 1 heterocycles. The van der Waals surface area contributed by atoms with Crippen LogP contribution in [0.4, 0.5) is 0 Å². The van der Waals surface area contributed by atoms with Crippen molar-refractivity contribution in [1.82, 2.24) is 4.90 Å². The van der Waals surface area contributed by atoms with Crippen molar-refractivity contribution in [2.24, 2.45) is 5.73 Å². The fourth-order valence-corrected chi connectivity index (χ4v) is 4.01. The van der Waals surface area contributed by atoms with Gasteiger partial charge < -0.3 is 5.73 Å². The SMILES string of the molecule is CN(Cc1ccc(Cl)s1)C1CC(N)c2ccccc21. The van der Waals surface area contributed by atoms with E-state index < -0.39 is 0 Å². The molecule has 1 aliphatic rings. The number of hydrogen-bond acceptors (Lipinski definition) is 3. The average molecular weight is 293 g/mol. The number of benzene rings is 1. The van der Waals surface area contributed by atoms with Crippen molar-refractivity contribution < 1.29 is 0 Å². The number of nitrogens with zero attached hydrogens (tertiary/aromatic N) is 1. The van der Waals surface area contributed by atoms with Gasteiger partial charge in [-0.25, -0.2) is 0 Å². The average Bonchev–Trinajstić information content (AvgIpc) is 2.95. The van der Waals surface area contributed by atoms with Crippen molar-refractivity contribution in [3.05, 3.63) is 56.7 Å². The maximum Gasteiger partial charge on any atom is 0.0931 e. The Morgan fingerprint density at radius 1 is 1.26 bits per heavy atom. The lowest BCUT2D eigenvalue weighted by molar-refractivity contribution is 0.231. The first-order chi connectivity index (χ1) is 9.15. The normalized spacial score (nSPS) is 21.9. The molecule has 2 atom stereocenters. The molecule has 0 aliphatic heterocycles. The number of nitrogens with two attached hydrogens (primary N) is 1. The molecular formula is C15H17ClN2S. The van der Waals surface area contributed by atoms with E-state index in [2.05, 4.69) is 42.3 Å². The van der Waals surface area contributed by atoms with Gasteiger partial charge in [-0.05, 0) is 36.7 Å². The van der Waals surface area contributed by atoms with E-state index in [1.54, 1.807) is 11.3 Å². The molecule has 2 unspecified atom stereocenters. The minimum atomic E-state index is 0.163. The van der Waals surface area contributed by atoms with Crippen LogP contribution < -0.4 is 5.73 Å². The summed E-state index contributed by atoms with van der Waals surface area (Å²) >= 11 is 7.64. The topological polar surface area (TPSA) is 29.3 Å². The first-order valence-electron chi connectivity index (χ1n) is 6.44. The molecule has 4 heteroatoms. The zero-order valence-corrected chi connectivity index (χ0v) is 12.4. The minimum absolute atomic E-state index is 0.163. The smallest absolute Gasteiger partial charge is 0.0931 e. The summed E-state index contributed by atoms with van der Waals surface area (Å²) in [6.07, 6.45) is 0.995. The van der Waals surface area contributed by atoms with Crippen LogP contribution in [0.1, 0.15) is 34.5 Å². The Kier molecular flexibility index (Phi) is 3.63. The summed E-state index contributed by atoms with van der Waals surface area (Å²) in [6.45, 7) is 0.920. The van der Waals surface area contributed by atoms with Gasteiger partial charge in [-0.1, -0.05) is 35.9 Å². The van der Waals surface area contributed by atoms with Crippen molar-refractivity contribution in [3.8, 4) is 0 Å². The van der Waals surface area contributed by atoms with Gasteiger partial charge in [0.05, 0.1) is 4.34 Å². The van der Waals surface area contributed by atoms with Crippen LogP contribution in [0.2, 0.25) is 4.34 Å². The summed E-state index contributed by atoms with van der Waals surface area (Å²) in [6, 6.07) is 13.1. The lowest BCUT2D eigenvalue weighted by Crippen LogP contribution is -2.22. The van der Waals surface area contributed by atoms with Crippen LogP contribution in [0.3, 0.4) is 0 Å². The third-order valence-electron chi connectivity index (χ3n) is 3.80. The van der Waals surface area contributed by atoms with Crippen molar-refractivity contribution in [3.63, 3.8) is 0 Å². The second-order valence-corrected chi connectivity index (χ2v) is 6.91. The number of rotatable bonds is 3. The van der Waals surface area contributed by atoms with Gasteiger partial charge in [-0.2, -0.15) is 0 Å². The molecular weight excluding hydrogens is 276 g/mol. The van der Waals surface area contributed by atoms with Crippen molar-refractivity contribution in [2.45, 2.75) is 25.0 Å². The fraction of sp³-hybridized carbons (Fsp3) is 0.333. The van der Waals surface area contributed by atoms with Crippen LogP contribution in [-0.2, 0) is 6.54 Å². The molecule has 0 fully saturated rings. The van der Waals surface area contributed by atoms with Gasteiger partial charge in [0, 0.05) is 23.5 Å². The lowest BCUT2D eigenvalue weighted by Gasteiger charge is -2.24. The van der Waals surface area contributed by atoms with Crippen molar-refractivity contribution in [2.75, 3.05) is 7.05 Å². The molecule has 2 aromatic rings. The zero-order valence-electron chi connectivity index (χ0n) is 10.8. The van der Waals surface area contributed by atoms with E-state index in [1.807, 2.05) is 6.07 Å². The van der Waals surface area contributed by atoms with Gasteiger partial charge in [-0.15, -0.1) is 11.3 Å². The predicted molar refractivity (Wildman–Crippen MR) is 81.5 cm³/mol. The molecule has 3 rings (SSSR count). The molecule has 1 aromatic heterocycles. The van der Waals surface area contributed by atoms with E-state index in [0.29, 0.717) is 6.04 Å². The molecule has 100 valence electrons. The summed E-state index contributed by atoms with van der Waals surface area (Å²) < 4.78 is 0.854. The molecule has 0 amide bonds.